The Morgan fingerprint density at radius 2 is 1.71 bits per heavy atom. The van der Waals surface area contributed by atoms with E-state index in [-0.39, 0.29) is 23.8 Å². The molecular formula is C21H26FN5O. The van der Waals surface area contributed by atoms with E-state index in [0.717, 1.165) is 56.2 Å². The maximum Gasteiger partial charge on any atom is 0.240 e. The summed E-state index contributed by atoms with van der Waals surface area (Å²) >= 11 is 0. The molecule has 0 N–H and O–H groups in total. The number of carbonyl (C=O) groups is 1. The fraction of sp³-hybridized carbons (Fsp3) is 0.476. The van der Waals surface area contributed by atoms with Crippen molar-refractivity contribution < 1.29 is 9.18 Å². The highest BCUT2D eigenvalue weighted by atomic mass is 19.1. The molecule has 0 bridgehead atoms. The molecule has 2 saturated heterocycles. The molecule has 1 aromatic heterocycles. The Labute approximate surface area is 165 Å². The summed E-state index contributed by atoms with van der Waals surface area (Å²) in [5.41, 5.74) is 1.91. The zero-order valence-corrected chi connectivity index (χ0v) is 16.4. The second kappa shape index (κ2) is 7.83. The van der Waals surface area contributed by atoms with Crippen LogP contribution in [0.15, 0.2) is 36.7 Å². The van der Waals surface area contributed by atoms with Gasteiger partial charge in [0, 0.05) is 45.1 Å². The van der Waals surface area contributed by atoms with Crippen molar-refractivity contribution in [2.45, 2.75) is 32.4 Å². The number of hydrogen-bond donors (Lipinski definition) is 0. The van der Waals surface area contributed by atoms with E-state index in [4.69, 9.17) is 0 Å². The number of amides is 1. The highest BCUT2D eigenvalue weighted by Gasteiger charge is 2.39. The van der Waals surface area contributed by atoms with Gasteiger partial charge in [0.1, 0.15) is 11.6 Å². The Kier molecular flexibility index (Phi) is 5.26. The number of hydrogen-bond acceptors (Lipinski definition) is 5. The van der Waals surface area contributed by atoms with Gasteiger partial charge in [-0.2, -0.15) is 0 Å². The lowest BCUT2D eigenvalue weighted by Crippen LogP contribution is -2.53. The molecule has 4 rings (SSSR count). The van der Waals surface area contributed by atoms with E-state index in [1.54, 1.807) is 24.5 Å². The highest BCUT2D eigenvalue weighted by Crippen LogP contribution is 2.29. The van der Waals surface area contributed by atoms with Gasteiger partial charge < -0.3 is 9.80 Å². The highest BCUT2D eigenvalue weighted by molar-refractivity contribution is 5.84. The molecule has 28 heavy (non-hydrogen) atoms. The fourth-order valence-electron chi connectivity index (χ4n) is 4.29. The summed E-state index contributed by atoms with van der Waals surface area (Å²) in [6.07, 6.45) is 4.28. The molecule has 3 heterocycles. The fourth-order valence-corrected chi connectivity index (χ4v) is 4.29. The molecule has 2 fully saturated rings. The molecule has 2 aromatic rings. The second-order valence-corrected chi connectivity index (χ2v) is 7.55. The van der Waals surface area contributed by atoms with Crippen LogP contribution in [0.1, 0.15) is 30.6 Å². The molecular weight excluding hydrogens is 357 g/mol. The van der Waals surface area contributed by atoms with Gasteiger partial charge in [-0.25, -0.2) is 9.37 Å². The summed E-state index contributed by atoms with van der Waals surface area (Å²) in [4.78, 5) is 28.3. The maximum absolute atomic E-state index is 13.2. The van der Waals surface area contributed by atoms with Crippen LogP contribution in [-0.4, -0.2) is 64.4 Å². The Hall–Kier alpha value is -2.54. The molecule has 0 aliphatic carbocycles. The standard InChI is InChI=1S/C21H26FN5O/c1-15-20(24-9-8-23-15)26-13-11-25(12-14-26)19-7-10-27(21(19)28)16(2)17-3-5-18(22)6-4-17/h3-6,8-9,16,19H,7,10-14H2,1-2H3/t16-,19+/m0/s1. The van der Waals surface area contributed by atoms with Gasteiger partial charge in [-0.3, -0.25) is 14.7 Å². The van der Waals surface area contributed by atoms with Gasteiger partial charge in [-0.1, -0.05) is 12.1 Å². The van der Waals surface area contributed by atoms with E-state index in [2.05, 4.69) is 19.8 Å². The number of nitrogens with zero attached hydrogens (tertiary/aromatic N) is 5. The number of aromatic nitrogens is 2. The van der Waals surface area contributed by atoms with Crippen molar-refractivity contribution in [3.63, 3.8) is 0 Å². The molecule has 2 aliphatic heterocycles. The zero-order chi connectivity index (χ0) is 19.7. The first-order valence-corrected chi connectivity index (χ1v) is 9.87. The number of halogens is 1. The van der Waals surface area contributed by atoms with Gasteiger partial charge in [-0.15, -0.1) is 0 Å². The van der Waals surface area contributed by atoms with Crippen molar-refractivity contribution >= 4 is 11.7 Å². The topological polar surface area (TPSA) is 52.6 Å². The number of rotatable bonds is 4. The molecule has 0 unspecified atom stereocenters. The molecule has 0 spiro atoms. The van der Waals surface area contributed by atoms with Crippen LogP contribution in [0.4, 0.5) is 10.2 Å². The third kappa shape index (κ3) is 3.58. The molecule has 7 heteroatoms. The van der Waals surface area contributed by atoms with Crippen molar-refractivity contribution in [3.8, 4) is 0 Å². The lowest BCUT2D eigenvalue weighted by molar-refractivity contribution is -0.134. The van der Waals surface area contributed by atoms with Crippen molar-refractivity contribution in [1.82, 2.24) is 19.8 Å². The summed E-state index contributed by atoms with van der Waals surface area (Å²) in [5.74, 6) is 0.866. The molecule has 0 radical (unpaired) electrons. The number of aryl methyl sites for hydroxylation is 1. The van der Waals surface area contributed by atoms with Crippen LogP contribution < -0.4 is 4.90 Å². The van der Waals surface area contributed by atoms with Crippen LogP contribution in [-0.2, 0) is 4.79 Å². The molecule has 1 aromatic carbocycles. The monoisotopic (exact) mass is 383 g/mol. The van der Waals surface area contributed by atoms with Gasteiger partial charge in [0.2, 0.25) is 5.91 Å². The predicted molar refractivity (Wildman–Crippen MR) is 105 cm³/mol. The van der Waals surface area contributed by atoms with E-state index in [9.17, 15) is 9.18 Å². The Morgan fingerprint density at radius 3 is 2.39 bits per heavy atom. The normalized spacial score (nSPS) is 22.0. The van der Waals surface area contributed by atoms with E-state index < -0.39 is 0 Å². The SMILES string of the molecule is Cc1nccnc1N1CCN([C@@H]2CCN([C@@H](C)c3ccc(F)cc3)C2=O)CC1. The summed E-state index contributed by atoms with van der Waals surface area (Å²) in [6, 6.07) is 6.34. The zero-order valence-electron chi connectivity index (χ0n) is 16.4. The number of anilines is 1. The largest absolute Gasteiger partial charge is 0.353 e. The molecule has 1 amide bonds. The molecule has 0 saturated carbocycles. The van der Waals surface area contributed by atoms with Crippen molar-refractivity contribution in [1.29, 1.82) is 0 Å². The van der Waals surface area contributed by atoms with E-state index in [1.807, 2.05) is 18.7 Å². The smallest absolute Gasteiger partial charge is 0.240 e. The molecule has 2 aliphatic rings. The predicted octanol–water partition coefficient (Wildman–Crippen LogP) is 2.41. The third-order valence-corrected chi connectivity index (χ3v) is 5.94. The first-order valence-electron chi connectivity index (χ1n) is 9.87. The molecule has 6 nitrogen and oxygen atoms in total. The van der Waals surface area contributed by atoms with Crippen molar-refractivity contribution in [3.05, 3.63) is 53.7 Å². The number of likely N-dealkylation sites (tertiary alicyclic amines) is 1. The van der Waals surface area contributed by atoms with Gasteiger partial charge in [0.25, 0.3) is 0 Å². The van der Waals surface area contributed by atoms with Gasteiger partial charge >= 0.3 is 0 Å². The summed E-state index contributed by atoms with van der Waals surface area (Å²) in [6.45, 7) is 8.10. The van der Waals surface area contributed by atoms with Crippen LogP contribution in [0.25, 0.3) is 0 Å². The van der Waals surface area contributed by atoms with Crippen LogP contribution >= 0.6 is 0 Å². The average Bonchev–Trinajstić information content (AvgIpc) is 3.10. The minimum atomic E-state index is -0.252. The Bertz CT molecular complexity index is 835. The van der Waals surface area contributed by atoms with Crippen LogP contribution in [0.5, 0.6) is 0 Å². The van der Waals surface area contributed by atoms with Crippen molar-refractivity contribution in [2.24, 2.45) is 0 Å². The lowest BCUT2D eigenvalue weighted by atomic mass is 10.1. The quantitative estimate of drug-likeness (QED) is 0.812. The minimum Gasteiger partial charge on any atom is -0.353 e. The Morgan fingerprint density at radius 1 is 1.04 bits per heavy atom. The molecule has 148 valence electrons. The first kappa shape index (κ1) is 18.8. The Balaban J connectivity index is 1.38. The number of piperazine rings is 1. The summed E-state index contributed by atoms with van der Waals surface area (Å²) < 4.78 is 13.2. The van der Waals surface area contributed by atoms with Crippen LogP contribution in [0, 0.1) is 12.7 Å². The van der Waals surface area contributed by atoms with Crippen LogP contribution in [0.2, 0.25) is 0 Å². The third-order valence-electron chi connectivity index (χ3n) is 5.94. The average molecular weight is 383 g/mol. The van der Waals surface area contributed by atoms with Gasteiger partial charge in [0.15, 0.2) is 0 Å². The summed E-state index contributed by atoms with van der Waals surface area (Å²) in [5, 5.41) is 0. The first-order chi connectivity index (χ1) is 13.5. The molecule has 2 atom stereocenters. The maximum atomic E-state index is 13.2. The number of benzene rings is 1. The number of carbonyl (C=O) groups excluding carboxylic acids is 1. The van der Waals surface area contributed by atoms with E-state index >= 15 is 0 Å². The second-order valence-electron chi connectivity index (χ2n) is 7.55. The lowest BCUT2D eigenvalue weighted by Gasteiger charge is -2.38. The van der Waals surface area contributed by atoms with E-state index in [1.165, 1.54) is 12.1 Å². The van der Waals surface area contributed by atoms with Gasteiger partial charge in [-0.05, 0) is 38.0 Å². The van der Waals surface area contributed by atoms with Gasteiger partial charge in [0.05, 0.1) is 17.8 Å². The van der Waals surface area contributed by atoms with Crippen LogP contribution in [0.3, 0.4) is 0 Å². The van der Waals surface area contributed by atoms with E-state index in [0.29, 0.717) is 0 Å². The minimum absolute atomic E-state index is 0.0402. The van der Waals surface area contributed by atoms with Crippen molar-refractivity contribution in [2.75, 3.05) is 37.6 Å². The summed E-state index contributed by atoms with van der Waals surface area (Å²) in [7, 11) is 0.